The van der Waals surface area contributed by atoms with E-state index in [1.54, 1.807) is 43.3 Å². The van der Waals surface area contributed by atoms with Gasteiger partial charge in [-0.15, -0.1) is 0 Å². The molecule has 0 saturated heterocycles. The molecule has 4 rings (SSSR count). The summed E-state index contributed by atoms with van der Waals surface area (Å²) in [5, 5.41) is 23.4. The lowest BCUT2D eigenvalue weighted by Crippen LogP contribution is -2.58. The van der Waals surface area contributed by atoms with Crippen molar-refractivity contribution in [2.75, 3.05) is 38.5 Å². The summed E-state index contributed by atoms with van der Waals surface area (Å²) in [6.45, 7) is 0.756. The van der Waals surface area contributed by atoms with E-state index < -0.39 is 36.7 Å². The Morgan fingerprint density at radius 3 is 2.35 bits per heavy atom. The molecule has 244 valence electrons. The molecule has 3 aromatic carbocycles. The maximum Gasteiger partial charge on any atom is 0.420 e. The zero-order valence-electron chi connectivity index (χ0n) is 25.0. The number of carbonyl (C=O) groups excluding carboxylic acids is 3. The first-order chi connectivity index (χ1) is 21.7. The van der Waals surface area contributed by atoms with Crippen LogP contribution in [0.1, 0.15) is 33.2 Å². The van der Waals surface area contributed by atoms with Gasteiger partial charge in [0, 0.05) is 30.2 Å². The zero-order chi connectivity index (χ0) is 33.8. The predicted molar refractivity (Wildman–Crippen MR) is 170 cm³/mol. The number of amides is 3. The number of rotatable bonds is 11. The van der Waals surface area contributed by atoms with E-state index in [9.17, 15) is 32.7 Å². The molecule has 1 unspecified atom stereocenters. The Kier molecular flexibility index (Phi) is 10.5. The number of hydrogen-bond donors (Lipinski definition) is 4. The largest absolute Gasteiger partial charge is 0.420 e. The molecule has 0 radical (unpaired) electrons. The molecule has 15 heteroatoms. The van der Waals surface area contributed by atoms with E-state index in [1.807, 2.05) is 0 Å². The predicted octanol–water partition coefficient (Wildman–Crippen LogP) is 4.98. The van der Waals surface area contributed by atoms with Crippen LogP contribution in [0.2, 0.25) is 10.0 Å². The maximum absolute atomic E-state index is 14.4. The summed E-state index contributed by atoms with van der Waals surface area (Å²) in [5.74, 6) is -1.71. The van der Waals surface area contributed by atoms with Gasteiger partial charge in [0.1, 0.15) is 0 Å². The van der Waals surface area contributed by atoms with E-state index in [-0.39, 0.29) is 45.9 Å². The van der Waals surface area contributed by atoms with Crippen molar-refractivity contribution in [3.05, 3.63) is 87.5 Å². The minimum Gasteiger partial charge on any atom is -0.381 e. The molecule has 0 aliphatic heterocycles. The van der Waals surface area contributed by atoms with Crippen LogP contribution in [0, 0.1) is 6.92 Å². The molecule has 4 N–H and O–H groups in total. The Hall–Kier alpha value is -4.33. The molecule has 1 aromatic heterocycles. The number of carbonyl (C=O) groups is 3. The second kappa shape index (κ2) is 14.0. The summed E-state index contributed by atoms with van der Waals surface area (Å²) in [7, 11) is 1.45. The van der Waals surface area contributed by atoms with Crippen molar-refractivity contribution in [1.29, 1.82) is 0 Å². The van der Waals surface area contributed by atoms with Crippen molar-refractivity contribution in [2.45, 2.75) is 25.6 Å². The lowest BCUT2D eigenvalue weighted by molar-refractivity contribution is -0.257. The van der Waals surface area contributed by atoms with Crippen LogP contribution >= 0.6 is 23.2 Å². The van der Waals surface area contributed by atoms with Crippen molar-refractivity contribution in [2.24, 2.45) is 0 Å². The van der Waals surface area contributed by atoms with Crippen molar-refractivity contribution in [3.63, 3.8) is 0 Å². The molecule has 10 nitrogen and oxygen atoms in total. The third-order valence-corrected chi connectivity index (χ3v) is 7.90. The van der Waals surface area contributed by atoms with Crippen LogP contribution < -0.4 is 16.0 Å². The molecule has 0 fully saturated rings. The van der Waals surface area contributed by atoms with Gasteiger partial charge in [-0.2, -0.15) is 18.3 Å². The van der Waals surface area contributed by atoms with E-state index in [4.69, 9.17) is 23.2 Å². The molecular weight excluding hydrogens is 648 g/mol. The SMILES string of the molecule is CCN(CC(O)(CNc1cc(C)cc2c1cnn2-c1cccc(C(=O)NCC(=O)NC)c1)C(F)(F)F)C(=O)c1c(Cl)cccc1Cl. The number of aryl methyl sites for hydroxylation is 1. The Morgan fingerprint density at radius 1 is 1.04 bits per heavy atom. The van der Waals surface area contributed by atoms with E-state index >= 15 is 0 Å². The minimum atomic E-state index is -5.14. The van der Waals surface area contributed by atoms with E-state index in [2.05, 4.69) is 21.0 Å². The molecule has 1 atom stereocenters. The second-order valence-electron chi connectivity index (χ2n) is 10.5. The van der Waals surface area contributed by atoms with E-state index in [0.717, 1.165) is 4.90 Å². The number of benzene rings is 3. The Labute approximate surface area is 272 Å². The number of alkyl halides is 3. The number of nitrogens with one attached hydrogen (secondary N) is 3. The second-order valence-corrected chi connectivity index (χ2v) is 11.3. The molecule has 4 aromatic rings. The van der Waals surface area contributed by atoms with Gasteiger partial charge < -0.3 is 26.0 Å². The third kappa shape index (κ3) is 7.38. The average Bonchev–Trinajstić information content (AvgIpc) is 3.44. The first kappa shape index (κ1) is 34.5. The monoisotopic (exact) mass is 678 g/mol. The summed E-state index contributed by atoms with van der Waals surface area (Å²) in [6, 6.07) is 14.1. The van der Waals surface area contributed by atoms with Gasteiger partial charge in [-0.25, -0.2) is 4.68 Å². The van der Waals surface area contributed by atoms with Crippen molar-refractivity contribution >= 4 is 57.5 Å². The standard InChI is InChI=1S/C31H31Cl2F3N6O4/c1-4-41(29(45)27-22(32)9-6-10-23(27)33)17-30(46,31(34,35)36)16-39-24-11-18(2)12-25-21(24)14-40-42(25)20-8-5-7-19(13-20)28(44)38-15-26(43)37-3/h5-14,39,46H,4,15-17H2,1-3H3,(H,37,43)(H,38,44). The lowest BCUT2D eigenvalue weighted by atomic mass is 10.0. The molecule has 46 heavy (non-hydrogen) atoms. The number of fused-ring (bicyclic) bond motifs is 1. The first-order valence-corrected chi connectivity index (χ1v) is 14.8. The Balaban J connectivity index is 1.62. The lowest BCUT2D eigenvalue weighted by Gasteiger charge is -2.36. The fourth-order valence-corrected chi connectivity index (χ4v) is 5.30. The number of anilines is 1. The molecule has 0 saturated carbocycles. The van der Waals surface area contributed by atoms with Gasteiger partial charge in [0.15, 0.2) is 5.60 Å². The van der Waals surface area contributed by atoms with Crippen LogP contribution in [0.25, 0.3) is 16.6 Å². The molecule has 1 heterocycles. The van der Waals surface area contributed by atoms with Gasteiger partial charge >= 0.3 is 6.18 Å². The summed E-state index contributed by atoms with van der Waals surface area (Å²) < 4.78 is 44.8. The quantitative estimate of drug-likeness (QED) is 0.177. The molecule has 0 aliphatic rings. The zero-order valence-corrected chi connectivity index (χ0v) is 26.5. The van der Waals surface area contributed by atoms with Crippen molar-refractivity contribution < 1.29 is 32.7 Å². The van der Waals surface area contributed by atoms with Crippen LogP contribution in [0.4, 0.5) is 18.9 Å². The molecule has 0 bridgehead atoms. The highest BCUT2D eigenvalue weighted by Gasteiger charge is 2.55. The summed E-state index contributed by atoms with van der Waals surface area (Å²) in [5.41, 5.74) is -1.33. The average molecular weight is 680 g/mol. The number of likely N-dealkylation sites (N-methyl/N-ethyl adjacent to an activating group) is 2. The number of halogens is 5. The smallest absolute Gasteiger partial charge is 0.381 e. The summed E-state index contributed by atoms with van der Waals surface area (Å²) in [6.07, 6.45) is -3.69. The summed E-state index contributed by atoms with van der Waals surface area (Å²) in [4.78, 5) is 38.1. The van der Waals surface area contributed by atoms with Crippen LogP contribution in [-0.2, 0) is 4.79 Å². The minimum absolute atomic E-state index is 0.0288. The van der Waals surface area contributed by atoms with Gasteiger partial charge in [-0.1, -0.05) is 35.3 Å². The fourth-order valence-electron chi connectivity index (χ4n) is 4.74. The van der Waals surface area contributed by atoms with Crippen LogP contribution in [0.15, 0.2) is 60.8 Å². The maximum atomic E-state index is 14.4. The van der Waals surface area contributed by atoms with E-state index in [0.29, 0.717) is 22.2 Å². The van der Waals surface area contributed by atoms with Gasteiger partial charge in [-0.3, -0.25) is 14.4 Å². The normalized spacial score (nSPS) is 12.8. The fraction of sp³-hybridized carbons (Fsp3) is 0.290. The topological polar surface area (TPSA) is 129 Å². The van der Waals surface area contributed by atoms with Crippen molar-refractivity contribution in [1.82, 2.24) is 25.3 Å². The van der Waals surface area contributed by atoms with Gasteiger partial charge in [0.25, 0.3) is 11.8 Å². The molecular formula is C31H31Cl2F3N6O4. The number of hydrogen-bond acceptors (Lipinski definition) is 6. The highest BCUT2D eigenvalue weighted by atomic mass is 35.5. The highest BCUT2D eigenvalue weighted by molar-refractivity contribution is 6.39. The van der Waals surface area contributed by atoms with Gasteiger partial charge in [0.05, 0.1) is 52.6 Å². The number of aromatic nitrogens is 2. The molecule has 0 spiro atoms. The van der Waals surface area contributed by atoms with E-state index in [1.165, 1.54) is 43.0 Å². The first-order valence-electron chi connectivity index (χ1n) is 14.0. The van der Waals surface area contributed by atoms with Crippen LogP contribution in [0.5, 0.6) is 0 Å². The number of aliphatic hydroxyl groups is 1. The van der Waals surface area contributed by atoms with Gasteiger partial charge in [-0.05, 0) is 61.9 Å². The molecule has 0 aliphatic carbocycles. The highest BCUT2D eigenvalue weighted by Crippen LogP contribution is 2.35. The third-order valence-electron chi connectivity index (χ3n) is 7.27. The van der Waals surface area contributed by atoms with Crippen LogP contribution in [0.3, 0.4) is 0 Å². The summed E-state index contributed by atoms with van der Waals surface area (Å²) >= 11 is 12.3. The van der Waals surface area contributed by atoms with Crippen LogP contribution in [-0.4, -0.2) is 82.5 Å². The number of nitrogens with zero attached hydrogens (tertiary/aromatic N) is 3. The van der Waals surface area contributed by atoms with Crippen molar-refractivity contribution in [3.8, 4) is 5.69 Å². The van der Waals surface area contributed by atoms with Gasteiger partial charge in [0.2, 0.25) is 5.91 Å². The Morgan fingerprint density at radius 2 is 1.72 bits per heavy atom. The molecule has 3 amide bonds. The Bertz CT molecular complexity index is 1760.